The number of piperidine rings is 1. The highest BCUT2D eigenvalue weighted by Gasteiger charge is 2.18. The standard InChI is InChI=1S/C22H25Cl2FN2O/c23-20-9-6-17(14-21(20)24)18(10-13-27-11-2-1-3-12-27)15-26-22(28)16-4-7-19(25)8-5-16/h4-9,14,18H,1-3,10-13,15H2,(H,26,28). The summed E-state index contributed by atoms with van der Waals surface area (Å²) in [6.07, 6.45) is 4.72. The normalized spacial score (nSPS) is 16.0. The van der Waals surface area contributed by atoms with Gasteiger partial charge in [-0.3, -0.25) is 4.79 Å². The van der Waals surface area contributed by atoms with Gasteiger partial charge in [0.15, 0.2) is 0 Å². The number of carbonyl (C=O) groups is 1. The zero-order valence-electron chi connectivity index (χ0n) is 15.8. The Labute approximate surface area is 175 Å². The lowest BCUT2D eigenvalue weighted by Gasteiger charge is -2.28. The predicted octanol–water partition coefficient (Wildman–Crippen LogP) is 5.52. The molecule has 0 bridgehead atoms. The number of rotatable bonds is 7. The Hall–Kier alpha value is -1.62. The van der Waals surface area contributed by atoms with E-state index in [1.807, 2.05) is 12.1 Å². The van der Waals surface area contributed by atoms with Crippen LogP contribution in [0.5, 0.6) is 0 Å². The van der Waals surface area contributed by atoms with Crippen LogP contribution in [-0.2, 0) is 0 Å². The van der Waals surface area contributed by atoms with E-state index in [0.29, 0.717) is 22.2 Å². The SMILES string of the molecule is O=C(NCC(CCN1CCCCC1)c1ccc(Cl)c(Cl)c1)c1ccc(F)cc1. The van der Waals surface area contributed by atoms with E-state index in [4.69, 9.17) is 23.2 Å². The van der Waals surface area contributed by atoms with Crippen LogP contribution in [-0.4, -0.2) is 37.0 Å². The van der Waals surface area contributed by atoms with E-state index < -0.39 is 0 Å². The minimum atomic E-state index is -0.355. The molecule has 1 atom stereocenters. The second-order valence-corrected chi connectivity index (χ2v) is 8.09. The Bertz CT molecular complexity index is 792. The maximum absolute atomic E-state index is 13.1. The van der Waals surface area contributed by atoms with Crippen molar-refractivity contribution in [2.45, 2.75) is 31.6 Å². The third kappa shape index (κ3) is 5.94. The second-order valence-electron chi connectivity index (χ2n) is 7.28. The first-order chi connectivity index (χ1) is 13.5. The van der Waals surface area contributed by atoms with Crippen LogP contribution in [0, 0.1) is 5.82 Å². The van der Waals surface area contributed by atoms with Crippen molar-refractivity contribution in [2.24, 2.45) is 0 Å². The van der Waals surface area contributed by atoms with Crippen LogP contribution in [0.2, 0.25) is 10.0 Å². The van der Waals surface area contributed by atoms with E-state index in [-0.39, 0.29) is 17.6 Å². The maximum Gasteiger partial charge on any atom is 0.251 e. The van der Waals surface area contributed by atoms with Gasteiger partial charge >= 0.3 is 0 Å². The number of nitrogens with zero attached hydrogens (tertiary/aromatic N) is 1. The largest absolute Gasteiger partial charge is 0.351 e. The van der Waals surface area contributed by atoms with Crippen LogP contribution in [0.4, 0.5) is 4.39 Å². The molecule has 0 saturated carbocycles. The number of halogens is 3. The van der Waals surface area contributed by atoms with Crippen molar-refractivity contribution in [3.63, 3.8) is 0 Å². The van der Waals surface area contributed by atoms with Gasteiger partial charge in [-0.05, 0) is 80.9 Å². The molecule has 1 heterocycles. The minimum Gasteiger partial charge on any atom is -0.351 e. The molecule has 0 spiro atoms. The lowest BCUT2D eigenvalue weighted by atomic mass is 9.94. The maximum atomic E-state index is 13.1. The Kier molecular flexibility index (Phi) is 7.72. The van der Waals surface area contributed by atoms with Crippen molar-refractivity contribution in [3.05, 3.63) is 69.5 Å². The fraction of sp³-hybridized carbons (Fsp3) is 0.409. The molecule has 0 radical (unpaired) electrons. The first kappa shape index (κ1) is 21.1. The number of carbonyl (C=O) groups excluding carboxylic acids is 1. The molecule has 1 saturated heterocycles. The summed E-state index contributed by atoms with van der Waals surface area (Å²) in [5.41, 5.74) is 1.51. The first-order valence-corrected chi connectivity index (χ1v) is 10.5. The van der Waals surface area contributed by atoms with Gasteiger partial charge in [-0.1, -0.05) is 35.7 Å². The smallest absolute Gasteiger partial charge is 0.251 e. The Morgan fingerprint density at radius 2 is 1.75 bits per heavy atom. The highest BCUT2D eigenvalue weighted by molar-refractivity contribution is 6.42. The van der Waals surface area contributed by atoms with Crippen molar-refractivity contribution in [1.82, 2.24) is 10.2 Å². The van der Waals surface area contributed by atoms with Crippen LogP contribution in [0.25, 0.3) is 0 Å². The van der Waals surface area contributed by atoms with Crippen LogP contribution in [0.1, 0.15) is 47.5 Å². The quantitative estimate of drug-likeness (QED) is 0.636. The van der Waals surface area contributed by atoms with Gasteiger partial charge in [0.05, 0.1) is 10.0 Å². The van der Waals surface area contributed by atoms with Crippen LogP contribution in [0.15, 0.2) is 42.5 Å². The molecule has 150 valence electrons. The molecule has 3 nitrogen and oxygen atoms in total. The number of likely N-dealkylation sites (tertiary alicyclic amines) is 1. The molecule has 2 aromatic rings. The first-order valence-electron chi connectivity index (χ1n) is 9.74. The van der Waals surface area contributed by atoms with E-state index in [9.17, 15) is 9.18 Å². The topological polar surface area (TPSA) is 32.3 Å². The lowest BCUT2D eigenvalue weighted by molar-refractivity contribution is 0.0949. The lowest BCUT2D eigenvalue weighted by Crippen LogP contribution is -2.34. The fourth-order valence-electron chi connectivity index (χ4n) is 3.59. The number of nitrogens with one attached hydrogen (secondary N) is 1. The number of amides is 1. The van der Waals surface area contributed by atoms with Crippen molar-refractivity contribution < 1.29 is 9.18 Å². The molecule has 2 aromatic carbocycles. The molecular formula is C22H25Cl2FN2O. The molecule has 0 aromatic heterocycles. The summed E-state index contributed by atoms with van der Waals surface area (Å²) in [5, 5.41) is 4.03. The van der Waals surface area contributed by atoms with E-state index in [0.717, 1.165) is 31.6 Å². The van der Waals surface area contributed by atoms with Gasteiger partial charge in [-0.15, -0.1) is 0 Å². The van der Waals surface area contributed by atoms with Gasteiger partial charge in [0, 0.05) is 18.0 Å². The predicted molar refractivity (Wildman–Crippen MR) is 113 cm³/mol. The molecule has 1 aliphatic rings. The summed E-state index contributed by atoms with van der Waals surface area (Å²) in [4.78, 5) is 14.9. The second kappa shape index (κ2) is 10.2. The zero-order valence-corrected chi connectivity index (χ0v) is 17.3. The molecule has 3 rings (SSSR count). The molecule has 6 heteroatoms. The molecule has 1 unspecified atom stereocenters. The van der Waals surface area contributed by atoms with Gasteiger partial charge in [-0.25, -0.2) is 4.39 Å². The van der Waals surface area contributed by atoms with Crippen LogP contribution >= 0.6 is 23.2 Å². The highest BCUT2D eigenvalue weighted by atomic mass is 35.5. The van der Waals surface area contributed by atoms with Gasteiger partial charge in [0.25, 0.3) is 5.91 Å². The highest BCUT2D eigenvalue weighted by Crippen LogP contribution is 2.28. The molecule has 1 fully saturated rings. The Balaban J connectivity index is 1.66. The summed E-state index contributed by atoms with van der Waals surface area (Å²) in [6, 6.07) is 11.2. The summed E-state index contributed by atoms with van der Waals surface area (Å²) >= 11 is 12.3. The number of benzene rings is 2. The average molecular weight is 423 g/mol. The third-order valence-electron chi connectivity index (χ3n) is 5.27. The molecular weight excluding hydrogens is 398 g/mol. The Morgan fingerprint density at radius 3 is 2.43 bits per heavy atom. The molecule has 28 heavy (non-hydrogen) atoms. The fourth-order valence-corrected chi connectivity index (χ4v) is 3.90. The Morgan fingerprint density at radius 1 is 1.04 bits per heavy atom. The van der Waals surface area contributed by atoms with Crippen LogP contribution in [0.3, 0.4) is 0 Å². The molecule has 1 amide bonds. The molecule has 1 N–H and O–H groups in total. The molecule has 0 aliphatic carbocycles. The van der Waals surface area contributed by atoms with Gasteiger partial charge in [-0.2, -0.15) is 0 Å². The number of hydrogen-bond donors (Lipinski definition) is 1. The summed E-state index contributed by atoms with van der Waals surface area (Å²) < 4.78 is 13.1. The van der Waals surface area contributed by atoms with E-state index in [1.165, 1.54) is 43.5 Å². The van der Waals surface area contributed by atoms with Gasteiger partial charge < -0.3 is 10.2 Å². The third-order valence-corrected chi connectivity index (χ3v) is 6.01. The van der Waals surface area contributed by atoms with Gasteiger partial charge in [0.2, 0.25) is 0 Å². The van der Waals surface area contributed by atoms with Crippen molar-refractivity contribution >= 4 is 29.1 Å². The summed E-state index contributed by atoms with van der Waals surface area (Å²) in [7, 11) is 0. The number of hydrogen-bond acceptors (Lipinski definition) is 2. The van der Waals surface area contributed by atoms with Crippen molar-refractivity contribution in [3.8, 4) is 0 Å². The van der Waals surface area contributed by atoms with E-state index in [2.05, 4.69) is 10.2 Å². The van der Waals surface area contributed by atoms with E-state index in [1.54, 1.807) is 6.07 Å². The average Bonchev–Trinajstić information content (AvgIpc) is 2.71. The summed E-state index contributed by atoms with van der Waals surface area (Å²) in [5.74, 6) is -0.434. The monoisotopic (exact) mass is 422 g/mol. The minimum absolute atomic E-state index is 0.126. The zero-order chi connectivity index (χ0) is 19.9. The van der Waals surface area contributed by atoms with Crippen LogP contribution < -0.4 is 5.32 Å². The molecule has 1 aliphatic heterocycles. The van der Waals surface area contributed by atoms with Crippen molar-refractivity contribution in [1.29, 1.82) is 0 Å². The summed E-state index contributed by atoms with van der Waals surface area (Å²) in [6.45, 7) is 3.74. The van der Waals surface area contributed by atoms with Gasteiger partial charge in [0.1, 0.15) is 5.82 Å². The van der Waals surface area contributed by atoms with Crippen molar-refractivity contribution in [2.75, 3.05) is 26.2 Å². The van der Waals surface area contributed by atoms with E-state index >= 15 is 0 Å².